The molecule has 0 aliphatic carbocycles. The Hall–Kier alpha value is -2.47. The minimum absolute atomic E-state index is 0.0453. The van der Waals surface area contributed by atoms with E-state index in [1.54, 1.807) is 25.7 Å². The van der Waals surface area contributed by atoms with Gasteiger partial charge in [0.15, 0.2) is 0 Å². The van der Waals surface area contributed by atoms with Crippen LogP contribution in [0.5, 0.6) is 5.75 Å². The van der Waals surface area contributed by atoms with Gasteiger partial charge in [-0.15, -0.1) is 0 Å². The molecule has 0 N–H and O–H groups in total. The lowest BCUT2D eigenvalue weighted by Gasteiger charge is -2.42. The van der Waals surface area contributed by atoms with E-state index in [2.05, 4.69) is 22.1 Å². The highest BCUT2D eigenvalue weighted by Gasteiger charge is 2.36. The molecule has 1 saturated heterocycles. The van der Waals surface area contributed by atoms with E-state index in [0.29, 0.717) is 18.2 Å². The SMILES string of the molecule is COc1ccc2c(c1)C[C@@H](C1CCOCC1)N(C(=O)c1cnccn1)C2. The van der Waals surface area contributed by atoms with Crippen LogP contribution in [0.25, 0.3) is 0 Å². The Morgan fingerprint density at radius 1 is 1.23 bits per heavy atom. The van der Waals surface area contributed by atoms with Crippen molar-refractivity contribution in [3.05, 3.63) is 53.6 Å². The maximum Gasteiger partial charge on any atom is 0.274 e. The second-order valence-electron chi connectivity index (χ2n) is 6.88. The Bertz CT molecular complexity index is 775. The Morgan fingerprint density at radius 2 is 2.08 bits per heavy atom. The maximum atomic E-state index is 13.2. The van der Waals surface area contributed by atoms with Crippen molar-refractivity contribution in [2.75, 3.05) is 20.3 Å². The molecule has 0 saturated carbocycles. The third-order valence-corrected chi connectivity index (χ3v) is 5.44. The highest BCUT2D eigenvalue weighted by Crippen LogP contribution is 2.34. The Balaban J connectivity index is 1.67. The number of hydrogen-bond acceptors (Lipinski definition) is 5. The smallest absolute Gasteiger partial charge is 0.274 e. The molecule has 26 heavy (non-hydrogen) atoms. The zero-order valence-electron chi connectivity index (χ0n) is 14.9. The summed E-state index contributed by atoms with van der Waals surface area (Å²) in [6, 6.07) is 6.27. The van der Waals surface area contributed by atoms with Gasteiger partial charge in [0.25, 0.3) is 5.91 Å². The van der Waals surface area contributed by atoms with E-state index in [1.807, 2.05) is 11.0 Å². The van der Waals surface area contributed by atoms with Crippen LogP contribution in [0.3, 0.4) is 0 Å². The highest BCUT2D eigenvalue weighted by molar-refractivity contribution is 5.92. The van der Waals surface area contributed by atoms with Crippen LogP contribution in [0.4, 0.5) is 0 Å². The fourth-order valence-corrected chi connectivity index (χ4v) is 4.01. The molecule has 4 rings (SSSR count). The highest BCUT2D eigenvalue weighted by atomic mass is 16.5. The average molecular weight is 353 g/mol. The second-order valence-corrected chi connectivity index (χ2v) is 6.88. The monoisotopic (exact) mass is 353 g/mol. The van der Waals surface area contributed by atoms with E-state index in [4.69, 9.17) is 9.47 Å². The first-order valence-electron chi connectivity index (χ1n) is 9.07. The van der Waals surface area contributed by atoms with Crippen LogP contribution < -0.4 is 4.74 Å². The molecule has 6 nitrogen and oxygen atoms in total. The van der Waals surface area contributed by atoms with Crippen molar-refractivity contribution in [3.8, 4) is 5.75 Å². The molecule has 6 heteroatoms. The standard InChI is InChI=1S/C20H23N3O3/c1-25-17-3-2-15-13-23(20(24)18-12-21-6-7-22-18)19(11-16(15)10-17)14-4-8-26-9-5-14/h2-3,6-7,10,12,14,19H,4-5,8-9,11,13H2,1H3/t19-/m0/s1. The molecule has 2 aliphatic rings. The first-order chi connectivity index (χ1) is 12.8. The van der Waals surface area contributed by atoms with Gasteiger partial charge in [-0.25, -0.2) is 4.98 Å². The van der Waals surface area contributed by atoms with Crippen LogP contribution in [0.1, 0.15) is 34.5 Å². The van der Waals surface area contributed by atoms with Crippen LogP contribution in [-0.4, -0.2) is 47.1 Å². The number of methoxy groups -OCH3 is 1. The minimum Gasteiger partial charge on any atom is -0.497 e. The molecule has 0 bridgehead atoms. The third-order valence-electron chi connectivity index (χ3n) is 5.44. The van der Waals surface area contributed by atoms with Gasteiger partial charge in [-0.1, -0.05) is 6.07 Å². The number of carbonyl (C=O) groups excluding carboxylic acids is 1. The van der Waals surface area contributed by atoms with Crippen molar-refractivity contribution >= 4 is 5.91 Å². The zero-order valence-corrected chi connectivity index (χ0v) is 14.9. The Labute approximate surface area is 153 Å². The summed E-state index contributed by atoms with van der Waals surface area (Å²) in [5, 5.41) is 0. The summed E-state index contributed by atoms with van der Waals surface area (Å²) in [6.07, 6.45) is 7.50. The largest absolute Gasteiger partial charge is 0.497 e. The van der Waals surface area contributed by atoms with Crippen LogP contribution >= 0.6 is 0 Å². The summed E-state index contributed by atoms with van der Waals surface area (Å²) < 4.78 is 10.9. The summed E-state index contributed by atoms with van der Waals surface area (Å²) in [5.74, 6) is 1.25. The predicted octanol–water partition coefficient (Wildman–Crippen LogP) is 2.48. The first kappa shape index (κ1) is 17.0. The van der Waals surface area contributed by atoms with Crippen LogP contribution in [0, 0.1) is 5.92 Å². The van der Waals surface area contributed by atoms with Crippen molar-refractivity contribution in [2.24, 2.45) is 5.92 Å². The molecule has 1 aromatic carbocycles. The molecule has 1 amide bonds. The third kappa shape index (κ3) is 3.29. The number of amides is 1. The lowest BCUT2D eigenvalue weighted by atomic mass is 9.82. The van der Waals surface area contributed by atoms with Crippen molar-refractivity contribution < 1.29 is 14.3 Å². The molecular weight excluding hydrogens is 330 g/mol. The van der Waals surface area contributed by atoms with Crippen LogP contribution in [0.15, 0.2) is 36.8 Å². The van der Waals surface area contributed by atoms with Crippen LogP contribution in [-0.2, 0) is 17.7 Å². The van der Waals surface area contributed by atoms with Gasteiger partial charge in [-0.2, -0.15) is 0 Å². The first-order valence-corrected chi connectivity index (χ1v) is 9.07. The molecule has 136 valence electrons. The number of nitrogens with zero attached hydrogens (tertiary/aromatic N) is 3. The van der Waals surface area contributed by atoms with Gasteiger partial charge in [0.05, 0.1) is 13.3 Å². The van der Waals surface area contributed by atoms with Gasteiger partial charge in [-0.05, 0) is 48.4 Å². The number of fused-ring (bicyclic) bond motifs is 1. The summed E-state index contributed by atoms with van der Waals surface area (Å²) in [7, 11) is 1.68. The van der Waals surface area contributed by atoms with E-state index >= 15 is 0 Å². The van der Waals surface area contributed by atoms with E-state index in [9.17, 15) is 4.79 Å². The van der Waals surface area contributed by atoms with Gasteiger partial charge in [0.2, 0.25) is 0 Å². The summed E-state index contributed by atoms with van der Waals surface area (Å²) in [6.45, 7) is 2.12. The number of rotatable bonds is 3. The van der Waals surface area contributed by atoms with Crippen LogP contribution in [0.2, 0.25) is 0 Å². The molecule has 2 aromatic rings. The Kier molecular flexibility index (Phi) is 4.84. The van der Waals surface area contributed by atoms with E-state index in [0.717, 1.165) is 38.2 Å². The second kappa shape index (κ2) is 7.41. The fraction of sp³-hybridized carbons (Fsp3) is 0.450. The predicted molar refractivity (Wildman–Crippen MR) is 95.9 cm³/mol. The Morgan fingerprint density at radius 3 is 2.81 bits per heavy atom. The van der Waals surface area contributed by atoms with Gasteiger partial charge in [0.1, 0.15) is 11.4 Å². The molecular formula is C20H23N3O3. The zero-order chi connectivity index (χ0) is 17.9. The van der Waals surface area contributed by atoms with E-state index < -0.39 is 0 Å². The molecule has 0 radical (unpaired) electrons. The molecule has 3 heterocycles. The molecule has 1 aromatic heterocycles. The van der Waals surface area contributed by atoms with Gasteiger partial charge >= 0.3 is 0 Å². The van der Waals surface area contributed by atoms with E-state index in [-0.39, 0.29) is 11.9 Å². The van der Waals surface area contributed by atoms with Crippen molar-refractivity contribution in [1.82, 2.24) is 14.9 Å². The fourth-order valence-electron chi connectivity index (χ4n) is 4.01. The van der Waals surface area contributed by atoms with Gasteiger partial charge in [0, 0.05) is 38.2 Å². The van der Waals surface area contributed by atoms with Crippen molar-refractivity contribution in [2.45, 2.75) is 31.8 Å². The van der Waals surface area contributed by atoms with E-state index in [1.165, 1.54) is 11.1 Å². The quantitative estimate of drug-likeness (QED) is 0.848. The molecule has 0 unspecified atom stereocenters. The van der Waals surface area contributed by atoms with Crippen molar-refractivity contribution in [3.63, 3.8) is 0 Å². The minimum atomic E-state index is -0.0453. The number of ether oxygens (including phenoxy) is 2. The lowest BCUT2D eigenvalue weighted by Crippen LogP contribution is -2.49. The normalized spacial score (nSPS) is 20.5. The summed E-state index contributed by atoms with van der Waals surface area (Å²) >= 11 is 0. The molecule has 2 aliphatic heterocycles. The summed E-state index contributed by atoms with van der Waals surface area (Å²) in [5.41, 5.74) is 2.84. The average Bonchev–Trinajstić information content (AvgIpc) is 2.73. The van der Waals surface area contributed by atoms with Gasteiger partial charge < -0.3 is 14.4 Å². The molecule has 0 spiro atoms. The maximum absolute atomic E-state index is 13.2. The van der Waals surface area contributed by atoms with Crippen molar-refractivity contribution in [1.29, 1.82) is 0 Å². The number of carbonyl (C=O) groups is 1. The summed E-state index contributed by atoms with van der Waals surface area (Å²) in [4.78, 5) is 23.4. The topological polar surface area (TPSA) is 64.6 Å². The molecule has 1 fully saturated rings. The molecule has 1 atom stereocenters. The van der Waals surface area contributed by atoms with Gasteiger partial charge in [-0.3, -0.25) is 9.78 Å². The lowest BCUT2D eigenvalue weighted by molar-refractivity contribution is 0.0177. The number of benzene rings is 1. The number of hydrogen-bond donors (Lipinski definition) is 0. The number of aromatic nitrogens is 2.